The maximum atomic E-state index is 3.23. The van der Waals surface area contributed by atoms with E-state index in [1.165, 1.54) is 15.6 Å². The summed E-state index contributed by atoms with van der Waals surface area (Å²) in [5.41, 5.74) is 4.46. The van der Waals surface area contributed by atoms with Crippen molar-refractivity contribution in [3.63, 3.8) is 0 Å². The minimum Gasteiger partial charge on any atom is -0.298 e. The van der Waals surface area contributed by atoms with Crippen molar-refractivity contribution in [2.45, 2.75) is 4.90 Å². The number of hydrogen-bond donors (Lipinski definition) is 1. The van der Waals surface area contributed by atoms with E-state index in [1.807, 2.05) is 12.1 Å². The first kappa shape index (κ1) is 7.29. The average Bonchev–Trinajstić information content (AvgIpc) is 2.60. The molecule has 13 heavy (non-hydrogen) atoms. The number of benzene rings is 1. The quantitative estimate of drug-likeness (QED) is 0.673. The van der Waals surface area contributed by atoms with Gasteiger partial charge in [-0.25, -0.2) is 5.01 Å². The molecular formula is C9H9N3S. The van der Waals surface area contributed by atoms with E-state index in [0.717, 1.165) is 0 Å². The van der Waals surface area contributed by atoms with Crippen LogP contribution in [0.4, 0.5) is 5.69 Å². The summed E-state index contributed by atoms with van der Waals surface area (Å²) in [7, 11) is 1.99. The van der Waals surface area contributed by atoms with Gasteiger partial charge in [0.25, 0.3) is 0 Å². The van der Waals surface area contributed by atoms with E-state index in [2.05, 4.69) is 41.0 Å². The summed E-state index contributed by atoms with van der Waals surface area (Å²) in [6.07, 6.45) is 2.09. The molecule has 1 N–H and O–H groups in total. The Morgan fingerprint density at radius 2 is 2.15 bits per heavy atom. The molecule has 1 aromatic rings. The first-order valence-corrected chi connectivity index (χ1v) is 4.94. The number of hydrazine groups is 2. The summed E-state index contributed by atoms with van der Waals surface area (Å²) in [5, 5.41) is 5.29. The number of nitrogens with one attached hydrogen (secondary N) is 1. The second kappa shape index (κ2) is 2.43. The van der Waals surface area contributed by atoms with Gasteiger partial charge in [-0.1, -0.05) is 23.9 Å². The lowest BCUT2D eigenvalue weighted by atomic mass is 10.3. The van der Waals surface area contributed by atoms with Crippen molar-refractivity contribution < 1.29 is 0 Å². The summed E-state index contributed by atoms with van der Waals surface area (Å²) >= 11 is 1.79. The number of hydrogen-bond acceptors (Lipinski definition) is 4. The first-order valence-electron chi connectivity index (χ1n) is 4.12. The maximum absolute atomic E-state index is 3.23. The van der Waals surface area contributed by atoms with Gasteiger partial charge >= 0.3 is 0 Å². The van der Waals surface area contributed by atoms with Crippen LogP contribution in [-0.4, -0.2) is 12.1 Å². The SMILES string of the molecule is CN1C=C2Sc3ccccc3N2N1. The Kier molecular flexibility index (Phi) is 1.36. The largest absolute Gasteiger partial charge is 0.298 e. The third-order valence-electron chi connectivity index (χ3n) is 2.10. The van der Waals surface area contributed by atoms with Gasteiger partial charge in [0.1, 0.15) is 5.03 Å². The molecule has 0 atom stereocenters. The Balaban J connectivity index is 2.10. The van der Waals surface area contributed by atoms with E-state index >= 15 is 0 Å². The fraction of sp³-hybridized carbons (Fsp3) is 0.111. The van der Waals surface area contributed by atoms with Gasteiger partial charge in [-0.05, 0) is 12.1 Å². The molecule has 3 nitrogen and oxygen atoms in total. The van der Waals surface area contributed by atoms with Crippen LogP contribution in [0.1, 0.15) is 0 Å². The van der Waals surface area contributed by atoms with Crippen LogP contribution in [-0.2, 0) is 0 Å². The van der Waals surface area contributed by atoms with Crippen LogP contribution in [0.5, 0.6) is 0 Å². The van der Waals surface area contributed by atoms with Crippen molar-refractivity contribution in [1.29, 1.82) is 0 Å². The Morgan fingerprint density at radius 3 is 3.08 bits per heavy atom. The van der Waals surface area contributed by atoms with E-state index in [4.69, 9.17) is 0 Å². The molecule has 66 valence electrons. The van der Waals surface area contributed by atoms with E-state index in [9.17, 15) is 0 Å². The molecule has 2 aliphatic rings. The third-order valence-corrected chi connectivity index (χ3v) is 3.17. The van der Waals surface area contributed by atoms with Crippen molar-refractivity contribution in [2.75, 3.05) is 12.1 Å². The van der Waals surface area contributed by atoms with Crippen molar-refractivity contribution in [2.24, 2.45) is 0 Å². The van der Waals surface area contributed by atoms with Crippen molar-refractivity contribution in [3.8, 4) is 0 Å². The Morgan fingerprint density at radius 1 is 1.31 bits per heavy atom. The third kappa shape index (κ3) is 0.959. The van der Waals surface area contributed by atoms with Gasteiger partial charge in [0, 0.05) is 18.1 Å². The van der Waals surface area contributed by atoms with Crippen LogP contribution >= 0.6 is 11.8 Å². The smallest absolute Gasteiger partial charge is 0.115 e. The molecule has 1 aromatic carbocycles. The number of para-hydroxylation sites is 1. The highest BCUT2D eigenvalue weighted by Crippen LogP contribution is 2.46. The Bertz CT molecular complexity index is 388. The standard InChI is InChI=1S/C9H9N3S/c1-11-6-9-12(10-11)7-4-2-3-5-8(7)13-9/h2-6,10H,1H3. The van der Waals surface area contributed by atoms with Gasteiger partial charge in [-0.3, -0.25) is 5.01 Å². The molecule has 0 saturated carbocycles. The maximum Gasteiger partial charge on any atom is 0.115 e. The van der Waals surface area contributed by atoms with Crippen molar-refractivity contribution in [3.05, 3.63) is 35.5 Å². The zero-order chi connectivity index (χ0) is 8.84. The van der Waals surface area contributed by atoms with Crippen LogP contribution in [0.15, 0.2) is 40.4 Å². The lowest BCUT2D eigenvalue weighted by Gasteiger charge is -2.17. The van der Waals surface area contributed by atoms with Crippen molar-refractivity contribution in [1.82, 2.24) is 10.5 Å². The number of anilines is 1. The fourth-order valence-electron chi connectivity index (χ4n) is 1.54. The molecule has 3 rings (SSSR count). The molecule has 0 radical (unpaired) electrons. The molecule has 0 spiro atoms. The molecule has 2 heterocycles. The second-order valence-corrected chi connectivity index (χ2v) is 4.15. The number of rotatable bonds is 0. The number of nitrogens with zero attached hydrogens (tertiary/aromatic N) is 2. The summed E-state index contributed by atoms with van der Waals surface area (Å²) in [5.74, 6) is 0. The zero-order valence-corrected chi connectivity index (χ0v) is 8.01. The summed E-state index contributed by atoms with van der Waals surface area (Å²) < 4.78 is 0. The van der Waals surface area contributed by atoms with Crippen LogP contribution < -0.4 is 10.5 Å². The van der Waals surface area contributed by atoms with Gasteiger partial charge in [0.05, 0.1) is 5.69 Å². The van der Waals surface area contributed by atoms with E-state index < -0.39 is 0 Å². The summed E-state index contributed by atoms with van der Waals surface area (Å²) in [4.78, 5) is 1.31. The fourth-order valence-corrected chi connectivity index (χ4v) is 2.62. The van der Waals surface area contributed by atoms with Crippen LogP contribution in [0.2, 0.25) is 0 Å². The topological polar surface area (TPSA) is 18.5 Å². The van der Waals surface area contributed by atoms with Crippen molar-refractivity contribution >= 4 is 17.4 Å². The van der Waals surface area contributed by atoms with E-state index in [-0.39, 0.29) is 0 Å². The van der Waals surface area contributed by atoms with Gasteiger partial charge in [-0.2, -0.15) is 0 Å². The number of fused-ring (bicyclic) bond motifs is 3. The predicted octanol–water partition coefficient (Wildman–Crippen LogP) is 1.76. The van der Waals surface area contributed by atoms with Crippen LogP contribution in [0, 0.1) is 0 Å². The summed E-state index contributed by atoms with van der Waals surface area (Å²) in [6, 6.07) is 8.39. The Hall–Kier alpha value is -1.13. The van der Waals surface area contributed by atoms with Crippen LogP contribution in [0.25, 0.3) is 0 Å². The molecule has 0 unspecified atom stereocenters. The van der Waals surface area contributed by atoms with E-state index in [1.54, 1.807) is 11.8 Å². The first-order chi connectivity index (χ1) is 6.34. The highest BCUT2D eigenvalue weighted by molar-refractivity contribution is 8.03. The highest BCUT2D eigenvalue weighted by atomic mass is 32.2. The molecule has 0 aromatic heterocycles. The second-order valence-electron chi connectivity index (χ2n) is 3.08. The molecule has 2 aliphatic heterocycles. The molecule has 0 fully saturated rings. The number of thioether (sulfide) groups is 1. The normalized spacial score (nSPS) is 18.7. The monoisotopic (exact) mass is 191 g/mol. The molecule has 4 heteroatoms. The molecule has 0 saturated heterocycles. The van der Waals surface area contributed by atoms with Crippen LogP contribution in [0.3, 0.4) is 0 Å². The van der Waals surface area contributed by atoms with Gasteiger partial charge < -0.3 is 0 Å². The molecular weight excluding hydrogens is 182 g/mol. The lowest BCUT2D eigenvalue weighted by molar-refractivity contribution is 0.358. The molecule has 0 amide bonds. The predicted molar refractivity (Wildman–Crippen MR) is 53.8 cm³/mol. The average molecular weight is 191 g/mol. The molecule has 0 aliphatic carbocycles. The van der Waals surface area contributed by atoms with E-state index in [0.29, 0.717) is 0 Å². The summed E-state index contributed by atoms with van der Waals surface area (Å²) in [6.45, 7) is 0. The van der Waals surface area contributed by atoms with Gasteiger partial charge in [0.15, 0.2) is 0 Å². The molecule has 0 bridgehead atoms. The minimum absolute atomic E-state index is 1.24. The van der Waals surface area contributed by atoms with Gasteiger partial charge in [-0.15, -0.1) is 5.53 Å². The highest BCUT2D eigenvalue weighted by Gasteiger charge is 2.29. The zero-order valence-electron chi connectivity index (χ0n) is 7.19. The Labute approximate surface area is 81.0 Å². The van der Waals surface area contributed by atoms with Gasteiger partial charge in [0.2, 0.25) is 0 Å². The minimum atomic E-state index is 1.24. The lowest BCUT2D eigenvalue weighted by Crippen LogP contribution is -2.36.